The number of halogens is 2. The van der Waals surface area contributed by atoms with Crippen LogP contribution < -0.4 is 0 Å². The van der Waals surface area contributed by atoms with Crippen molar-refractivity contribution in [3.63, 3.8) is 0 Å². The van der Waals surface area contributed by atoms with Crippen LogP contribution in [0.25, 0.3) is 0 Å². The number of aromatic amines is 1. The molecule has 0 aliphatic rings. The molecular weight excluding hydrogens is 263 g/mol. The van der Waals surface area contributed by atoms with Gasteiger partial charge in [-0.25, -0.2) is 0 Å². The molecule has 0 saturated carbocycles. The van der Waals surface area contributed by atoms with Gasteiger partial charge in [0.1, 0.15) is 5.38 Å². The number of pyridine rings is 1. The van der Waals surface area contributed by atoms with Crippen LogP contribution in [-0.4, -0.2) is 9.97 Å². The average Bonchev–Trinajstić information content (AvgIpc) is 2.65. The van der Waals surface area contributed by atoms with Gasteiger partial charge in [0, 0.05) is 18.0 Å². The molecule has 0 bridgehead atoms. The van der Waals surface area contributed by atoms with E-state index in [1.807, 2.05) is 30.5 Å². The van der Waals surface area contributed by atoms with Crippen molar-refractivity contribution in [1.82, 2.24) is 9.97 Å². The van der Waals surface area contributed by atoms with Crippen molar-refractivity contribution in [2.75, 3.05) is 0 Å². The summed E-state index contributed by atoms with van der Waals surface area (Å²) in [6.45, 7) is 0. The van der Waals surface area contributed by atoms with Gasteiger partial charge in [-0.1, -0.05) is 6.07 Å². The van der Waals surface area contributed by atoms with Gasteiger partial charge in [-0.2, -0.15) is 0 Å². The lowest BCUT2D eigenvalue weighted by molar-refractivity contribution is 1.03. The third kappa shape index (κ3) is 1.83. The summed E-state index contributed by atoms with van der Waals surface area (Å²) in [6, 6.07) is 7.66. The molecule has 0 aliphatic carbocycles. The lowest BCUT2D eigenvalue weighted by Gasteiger charge is -2.06. The summed E-state index contributed by atoms with van der Waals surface area (Å²) in [5, 5.41) is -0.211. The zero-order valence-corrected chi connectivity index (χ0v) is 9.59. The summed E-state index contributed by atoms with van der Waals surface area (Å²) in [5.41, 5.74) is 1.86. The molecule has 0 spiro atoms. The first-order chi connectivity index (χ1) is 6.79. The van der Waals surface area contributed by atoms with Gasteiger partial charge in [0.15, 0.2) is 0 Å². The third-order valence-electron chi connectivity index (χ3n) is 1.95. The van der Waals surface area contributed by atoms with E-state index >= 15 is 0 Å². The Kier molecular flexibility index (Phi) is 2.89. The molecule has 2 aromatic heterocycles. The normalized spacial score (nSPS) is 12.7. The highest BCUT2D eigenvalue weighted by Gasteiger charge is 2.15. The van der Waals surface area contributed by atoms with Crippen molar-refractivity contribution in [1.29, 1.82) is 0 Å². The van der Waals surface area contributed by atoms with Crippen LogP contribution in [0, 0.1) is 0 Å². The van der Waals surface area contributed by atoms with Crippen LogP contribution in [0.15, 0.2) is 41.3 Å². The molecule has 1 unspecified atom stereocenters. The number of aromatic nitrogens is 2. The fourth-order valence-corrected chi connectivity index (χ4v) is 2.18. The van der Waals surface area contributed by atoms with E-state index in [0.29, 0.717) is 0 Å². The van der Waals surface area contributed by atoms with E-state index < -0.39 is 0 Å². The molecule has 4 heteroatoms. The van der Waals surface area contributed by atoms with E-state index in [4.69, 9.17) is 11.6 Å². The molecular formula is C10H8BrClN2. The van der Waals surface area contributed by atoms with E-state index in [1.54, 1.807) is 6.20 Å². The molecule has 0 aliphatic heterocycles. The summed E-state index contributed by atoms with van der Waals surface area (Å²) in [6.07, 6.45) is 3.59. The van der Waals surface area contributed by atoms with Gasteiger partial charge in [0.25, 0.3) is 0 Å². The highest BCUT2D eigenvalue weighted by atomic mass is 79.9. The van der Waals surface area contributed by atoms with Gasteiger partial charge in [-0.15, -0.1) is 11.6 Å². The maximum Gasteiger partial charge on any atom is 0.103 e. The number of H-pyrrole nitrogens is 1. The Balaban J connectivity index is 2.34. The van der Waals surface area contributed by atoms with Gasteiger partial charge in [-0.3, -0.25) is 4.98 Å². The Hall–Kier alpha value is -0.800. The van der Waals surface area contributed by atoms with Gasteiger partial charge < -0.3 is 4.98 Å². The van der Waals surface area contributed by atoms with E-state index in [-0.39, 0.29) is 5.38 Å². The lowest BCUT2D eigenvalue weighted by Crippen LogP contribution is -1.94. The van der Waals surface area contributed by atoms with Crippen LogP contribution in [0.1, 0.15) is 16.6 Å². The van der Waals surface area contributed by atoms with E-state index in [0.717, 1.165) is 15.9 Å². The maximum atomic E-state index is 6.27. The van der Waals surface area contributed by atoms with Crippen LogP contribution >= 0.6 is 27.5 Å². The maximum absolute atomic E-state index is 6.27. The number of hydrogen-bond acceptors (Lipinski definition) is 1. The van der Waals surface area contributed by atoms with Crippen LogP contribution in [0.2, 0.25) is 0 Å². The van der Waals surface area contributed by atoms with Crippen molar-refractivity contribution in [3.8, 4) is 0 Å². The Bertz CT molecular complexity index is 413. The third-order valence-corrected chi connectivity index (χ3v) is 3.09. The summed E-state index contributed by atoms with van der Waals surface area (Å²) in [7, 11) is 0. The van der Waals surface area contributed by atoms with E-state index in [1.165, 1.54) is 0 Å². The average molecular weight is 272 g/mol. The SMILES string of the molecule is ClC(c1ccccn1)c1cc[nH]c1Br. The summed E-state index contributed by atoms with van der Waals surface area (Å²) < 4.78 is 0.906. The van der Waals surface area contributed by atoms with Gasteiger partial charge in [0.2, 0.25) is 0 Å². The van der Waals surface area contributed by atoms with Gasteiger partial charge in [-0.05, 0) is 34.1 Å². The van der Waals surface area contributed by atoms with Crippen LogP contribution in [-0.2, 0) is 0 Å². The molecule has 2 nitrogen and oxygen atoms in total. The van der Waals surface area contributed by atoms with Crippen molar-refractivity contribution >= 4 is 27.5 Å². The molecule has 0 saturated heterocycles. The molecule has 0 amide bonds. The molecule has 2 aromatic rings. The highest BCUT2D eigenvalue weighted by molar-refractivity contribution is 9.10. The minimum absolute atomic E-state index is 0.211. The minimum Gasteiger partial charge on any atom is -0.356 e. The van der Waals surface area contributed by atoms with Crippen LogP contribution in [0.3, 0.4) is 0 Å². The first-order valence-electron chi connectivity index (χ1n) is 4.17. The molecule has 1 atom stereocenters. The smallest absolute Gasteiger partial charge is 0.103 e. The van der Waals surface area contributed by atoms with Gasteiger partial charge >= 0.3 is 0 Å². The predicted molar refractivity (Wildman–Crippen MR) is 60.4 cm³/mol. The molecule has 0 aromatic carbocycles. The summed E-state index contributed by atoms with van der Waals surface area (Å²) >= 11 is 9.66. The fourth-order valence-electron chi connectivity index (χ4n) is 1.24. The second kappa shape index (κ2) is 4.15. The van der Waals surface area contributed by atoms with E-state index in [9.17, 15) is 0 Å². The molecule has 1 N–H and O–H groups in total. The van der Waals surface area contributed by atoms with Crippen LogP contribution in [0.4, 0.5) is 0 Å². The van der Waals surface area contributed by atoms with Crippen molar-refractivity contribution in [2.24, 2.45) is 0 Å². The van der Waals surface area contributed by atoms with Crippen molar-refractivity contribution in [3.05, 3.63) is 52.5 Å². The molecule has 2 rings (SSSR count). The first-order valence-corrected chi connectivity index (χ1v) is 5.40. The number of nitrogens with zero attached hydrogens (tertiary/aromatic N) is 1. The Labute approximate surface area is 95.5 Å². The lowest BCUT2D eigenvalue weighted by atomic mass is 10.2. The number of alkyl halides is 1. The zero-order chi connectivity index (χ0) is 9.97. The standard InChI is InChI=1S/C10H8BrClN2/c11-10-7(4-6-14-10)9(12)8-3-1-2-5-13-8/h1-6,9,14H. The van der Waals surface area contributed by atoms with Gasteiger partial charge in [0.05, 0.1) is 10.3 Å². The number of hydrogen-bond donors (Lipinski definition) is 1. The minimum atomic E-state index is -0.211. The second-order valence-corrected chi connectivity index (χ2v) is 4.09. The number of nitrogens with one attached hydrogen (secondary N) is 1. The predicted octanol–water partition coefficient (Wildman–Crippen LogP) is 3.50. The largest absolute Gasteiger partial charge is 0.356 e. The second-order valence-electron chi connectivity index (χ2n) is 2.86. The van der Waals surface area contributed by atoms with E-state index in [2.05, 4.69) is 25.9 Å². The monoisotopic (exact) mass is 270 g/mol. The van der Waals surface area contributed by atoms with Crippen molar-refractivity contribution in [2.45, 2.75) is 5.38 Å². The van der Waals surface area contributed by atoms with Crippen molar-refractivity contribution < 1.29 is 0 Å². The summed E-state index contributed by atoms with van der Waals surface area (Å²) in [4.78, 5) is 7.23. The Morgan fingerprint density at radius 1 is 1.36 bits per heavy atom. The van der Waals surface area contributed by atoms with Crippen LogP contribution in [0.5, 0.6) is 0 Å². The molecule has 72 valence electrons. The molecule has 0 fully saturated rings. The Morgan fingerprint density at radius 2 is 2.21 bits per heavy atom. The molecule has 2 heterocycles. The summed E-state index contributed by atoms with van der Waals surface area (Å²) in [5.74, 6) is 0. The highest BCUT2D eigenvalue weighted by Crippen LogP contribution is 2.31. The zero-order valence-electron chi connectivity index (χ0n) is 7.24. The first kappa shape index (κ1) is 9.74. The Morgan fingerprint density at radius 3 is 2.79 bits per heavy atom. The number of rotatable bonds is 2. The molecule has 14 heavy (non-hydrogen) atoms. The quantitative estimate of drug-likeness (QED) is 0.832. The molecule has 0 radical (unpaired) electrons. The fraction of sp³-hybridized carbons (Fsp3) is 0.100. The topological polar surface area (TPSA) is 28.7 Å².